The summed E-state index contributed by atoms with van der Waals surface area (Å²) in [7, 11) is 0. The number of aromatic amines is 1. The highest BCUT2D eigenvalue weighted by Crippen LogP contribution is 2.27. The van der Waals surface area contributed by atoms with Gasteiger partial charge in [-0.05, 0) is 62.6 Å². The molecule has 1 unspecified atom stereocenters. The van der Waals surface area contributed by atoms with Gasteiger partial charge < -0.3 is 0 Å². The van der Waals surface area contributed by atoms with Gasteiger partial charge in [0.1, 0.15) is 5.82 Å². The van der Waals surface area contributed by atoms with Crippen LogP contribution in [-0.4, -0.2) is 26.2 Å². The van der Waals surface area contributed by atoms with E-state index in [2.05, 4.69) is 15.2 Å². The molecule has 0 bridgehead atoms. The van der Waals surface area contributed by atoms with Crippen LogP contribution >= 0.6 is 11.8 Å². The van der Waals surface area contributed by atoms with Crippen LogP contribution in [0.5, 0.6) is 0 Å². The van der Waals surface area contributed by atoms with E-state index >= 15 is 0 Å². The van der Waals surface area contributed by atoms with Crippen molar-refractivity contribution >= 4 is 17.5 Å². The quantitative estimate of drug-likeness (QED) is 0.513. The largest absolute Gasteiger partial charge is 0.293 e. The Labute approximate surface area is 156 Å². The summed E-state index contributed by atoms with van der Waals surface area (Å²) in [5, 5.41) is 6.93. The fourth-order valence-corrected chi connectivity index (χ4v) is 3.52. The number of benzene rings is 2. The standard InChI is InChI=1S/C20H20FN3OS/c1-11-9-13(3)16(10-12(11)2)18(25)14(4)26-20-22-19(23-24-20)15-7-5-6-8-17(15)21/h5-10,14H,1-4H3,(H,22,23,24). The number of carbonyl (C=O) groups excluding carboxylic acids is 1. The lowest BCUT2D eigenvalue weighted by atomic mass is 9.97. The molecule has 0 amide bonds. The lowest BCUT2D eigenvalue weighted by Crippen LogP contribution is -2.15. The van der Waals surface area contributed by atoms with E-state index in [0.717, 1.165) is 16.7 Å². The van der Waals surface area contributed by atoms with Gasteiger partial charge in [0.05, 0.1) is 10.8 Å². The normalized spacial score (nSPS) is 12.2. The number of ketones is 1. The van der Waals surface area contributed by atoms with Gasteiger partial charge in [0.15, 0.2) is 11.6 Å². The molecule has 0 saturated heterocycles. The van der Waals surface area contributed by atoms with Crippen LogP contribution in [0.1, 0.15) is 34.0 Å². The van der Waals surface area contributed by atoms with Crippen LogP contribution in [0, 0.1) is 26.6 Å². The Balaban J connectivity index is 1.78. The van der Waals surface area contributed by atoms with Crippen molar-refractivity contribution < 1.29 is 9.18 Å². The minimum atomic E-state index is -0.366. The highest BCUT2D eigenvalue weighted by atomic mass is 32.2. The molecule has 1 heterocycles. The maximum absolute atomic E-state index is 13.9. The van der Waals surface area contributed by atoms with Crippen molar-refractivity contribution in [3.05, 3.63) is 64.5 Å². The summed E-state index contributed by atoms with van der Waals surface area (Å²) in [6.07, 6.45) is 0. The van der Waals surface area contributed by atoms with Gasteiger partial charge in [0.25, 0.3) is 0 Å². The third kappa shape index (κ3) is 3.70. The second-order valence-electron chi connectivity index (χ2n) is 6.32. The zero-order chi connectivity index (χ0) is 18.8. The number of nitrogens with one attached hydrogen (secondary N) is 1. The lowest BCUT2D eigenvalue weighted by Gasteiger charge is -2.12. The number of thioether (sulfide) groups is 1. The predicted molar refractivity (Wildman–Crippen MR) is 102 cm³/mol. The minimum Gasteiger partial charge on any atom is -0.293 e. The van der Waals surface area contributed by atoms with Gasteiger partial charge in [-0.25, -0.2) is 9.37 Å². The number of nitrogens with zero attached hydrogens (tertiary/aromatic N) is 2. The molecule has 26 heavy (non-hydrogen) atoms. The summed E-state index contributed by atoms with van der Waals surface area (Å²) < 4.78 is 13.9. The molecule has 0 fully saturated rings. The number of hydrogen-bond donors (Lipinski definition) is 1. The van der Waals surface area contributed by atoms with Crippen LogP contribution in [-0.2, 0) is 0 Å². The maximum Gasteiger partial charge on any atom is 0.209 e. The van der Waals surface area contributed by atoms with Crippen molar-refractivity contribution in [2.45, 2.75) is 38.1 Å². The monoisotopic (exact) mass is 369 g/mol. The Bertz CT molecular complexity index is 967. The molecule has 0 aliphatic carbocycles. The van der Waals surface area contributed by atoms with Crippen molar-refractivity contribution in [2.75, 3.05) is 0 Å². The SMILES string of the molecule is Cc1cc(C)c(C(=O)C(C)Sc2n[nH]c(-c3ccccc3F)n2)cc1C. The lowest BCUT2D eigenvalue weighted by molar-refractivity contribution is 0.0993. The van der Waals surface area contributed by atoms with E-state index in [1.807, 2.05) is 39.8 Å². The predicted octanol–water partition coefficient (Wildman–Crippen LogP) is 4.90. The second-order valence-corrected chi connectivity index (χ2v) is 7.63. The Hall–Kier alpha value is -2.47. The summed E-state index contributed by atoms with van der Waals surface area (Å²) in [5.41, 5.74) is 4.31. The molecule has 3 rings (SSSR count). The fourth-order valence-electron chi connectivity index (χ4n) is 2.73. The van der Waals surface area contributed by atoms with Crippen molar-refractivity contribution in [3.8, 4) is 11.4 Å². The van der Waals surface area contributed by atoms with Gasteiger partial charge in [-0.15, -0.1) is 5.10 Å². The van der Waals surface area contributed by atoms with Crippen LogP contribution in [0.4, 0.5) is 4.39 Å². The summed E-state index contributed by atoms with van der Waals surface area (Å²) in [4.78, 5) is 17.1. The molecule has 2 aromatic carbocycles. The van der Waals surface area contributed by atoms with Crippen molar-refractivity contribution in [1.29, 1.82) is 0 Å². The summed E-state index contributed by atoms with van der Waals surface area (Å²) in [5.74, 6) is 0.0236. The average Bonchev–Trinajstić information content (AvgIpc) is 3.06. The smallest absolute Gasteiger partial charge is 0.209 e. The number of hydrogen-bond acceptors (Lipinski definition) is 4. The molecule has 1 N–H and O–H groups in total. The van der Waals surface area contributed by atoms with E-state index in [0.29, 0.717) is 16.5 Å². The van der Waals surface area contributed by atoms with Crippen LogP contribution in [0.3, 0.4) is 0 Å². The van der Waals surface area contributed by atoms with Crippen LogP contribution in [0.2, 0.25) is 0 Å². The molecule has 0 saturated carbocycles. The summed E-state index contributed by atoms with van der Waals surface area (Å²) in [6.45, 7) is 7.81. The van der Waals surface area contributed by atoms with Crippen molar-refractivity contribution in [1.82, 2.24) is 15.2 Å². The van der Waals surface area contributed by atoms with Gasteiger partial charge in [0.2, 0.25) is 5.16 Å². The fraction of sp³-hybridized carbons (Fsp3) is 0.250. The number of halogens is 1. The topological polar surface area (TPSA) is 58.6 Å². The number of carbonyl (C=O) groups is 1. The zero-order valence-corrected chi connectivity index (χ0v) is 15.9. The molecule has 0 radical (unpaired) electrons. The van der Waals surface area contributed by atoms with E-state index in [9.17, 15) is 9.18 Å². The van der Waals surface area contributed by atoms with E-state index in [4.69, 9.17) is 0 Å². The van der Waals surface area contributed by atoms with Gasteiger partial charge in [-0.2, -0.15) is 0 Å². The van der Waals surface area contributed by atoms with Crippen LogP contribution in [0.25, 0.3) is 11.4 Å². The zero-order valence-electron chi connectivity index (χ0n) is 15.1. The van der Waals surface area contributed by atoms with E-state index in [1.54, 1.807) is 18.2 Å². The second kappa shape index (κ2) is 7.41. The van der Waals surface area contributed by atoms with Crippen LogP contribution < -0.4 is 0 Å². The van der Waals surface area contributed by atoms with Gasteiger partial charge in [-0.1, -0.05) is 30.0 Å². The van der Waals surface area contributed by atoms with E-state index in [-0.39, 0.29) is 16.9 Å². The molecule has 0 aliphatic rings. The molecular weight excluding hydrogens is 349 g/mol. The average molecular weight is 369 g/mol. The number of H-pyrrole nitrogens is 1. The van der Waals surface area contributed by atoms with E-state index in [1.165, 1.54) is 23.4 Å². The highest BCUT2D eigenvalue weighted by Gasteiger charge is 2.21. The Morgan fingerprint density at radius 3 is 2.54 bits per heavy atom. The maximum atomic E-state index is 13.9. The molecule has 1 aromatic heterocycles. The first kappa shape index (κ1) is 18.3. The Morgan fingerprint density at radius 1 is 1.12 bits per heavy atom. The third-order valence-corrected chi connectivity index (χ3v) is 5.31. The van der Waals surface area contributed by atoms with Gasteiger partial charge in [-0.3, -0.25) is 9.89 Å². The molecule has 134 valence electrons. The van der Waals surface area contributed by atoms with Crippen molar-refractivity contribution in [3.63, 3.8) is 0 Å². The first-order valence-electron chi connectivity index (χ1n) is 8.33. The molecule has 0 aliphatic heterocycles. The molecule has 3 aromatic rings. The first-order chi connectivity index (χ1) is 12.4. The first-order valence-corrected chi connectivity index (χ1v) is 9.21. The Kier molecular flexibility index (Phi) is 5.23. The summed E-state index contributed by atoms with van der Waals surface area (Å²) in [6, 6.07) is 10.3. The minimum absolute atomic E-state index is 0.0350. The number of Topliss-reactive ketones (excluding diaryl/α,β-unsaturated/α-hetero) is 1. The Morgan fingerprint density at radius 2 is 1.81 bits per heavy atom. The molecule has 4 nitrogen and oxygen atoms in total. The molecular formula is C20H20FN3OS. The van der Waals surface area contributed by atoms with Gasteiger partial charge in [0, 0.05) is 5.56 Å². The molecule has 0 spiro atoms. The number of rotatable bonds is 5. The molecule has 1 atom stereocenters. The van der Waals surface area contributed by atoms with Crippen molar-refractivity contribution in [2.24, 2.45) is 0 Å². The summed E-state index contributed by atoms with van der Waals surface area (Å²) >= 11 is 1.26. The molecule has 6 heteroatoms. The number of aryl methyl sites for hydroxylation is 3. The highest BCUT2D eigenvalue weighted by molar-refractivity contribution is 8.00. The van der Waals surface area contributed by atoms with E-state index < -0.39 is 0 Å². The number of aromatic nitrogens is 3. The van der Waals surface area contributed by atoms with Gasteiger partial charge >= 0.3 is 0 Å². The third-order valence-electron chi connectivity index (χ3n) is 4.35. The van der Waals surface area contributed by atoms with Crippen LogP contribution in [0.15, 0.2) is 41.6 Å².